The first kappa shape index (κ1) is 14.6. The van der Waals surface area contributed by atoms with Crippen molar-refractivity contribution in [3.8, 4) is 0 Å². The quantitative estimate of drug-likeness (QED) is 0.780. The average Bonchev–Trinajstić information content (AvgIpc) is 2.83. The minimum absolute atomic E-state index is 0.0614. The molecule has 0 saturated heterocycles. The summed E-state index contributed by atoms with van der Waals surface area (Å²) in [4.78, 5) is 15.4. The van der Waals surface area contributed by atoms with Gasteiger partial charge in [0, 0.05) is 18.0 Å². The molecule has 1 heterocycles. The minimum Gasteiger partial charge on any atom is -0.481 e. The molecule has 0 amide bonds. The second-order valence-corrected chi connectivity index (χ2v) is 5.56. The van der Waals surface area contributed by atoms with Crippen molar-refractivity contribution in [3.05, 3.63) is 64.9 Å². The zero-order chi connectivity index (χ0) is 15.5. The van der Waals surface area contributed by atoms with E-state index in [1.165, 1.54) is 0 Å². The molecule has 4 nitrogen and oxygen atoms in total. The molecule has 1 N–H and O–H groups in total. The Balaban J connectivity index is 2.03. The Morgan fingerprint density at radius 1 is 1.18 bits per heavy atom. The number of carbonyl (C=O) groups is 1. The number of aryl methyl sites for hydroxylation is 1. The van der Waals surface area contributed by atoms with E-state index in [0.29, 0.717) is 18.0 Å². The number of rotatable bonds is 5. The predicted molar refractivity (Wildman–Crippen MR) is 86.2 cm³/mol. The van der Waals surface area contributed by atoms with Crippen molar-refractivity contribution in [2.45, 2.75) is 19.4 Å². The molecular formula is C17H15ClN2O2. The Bertz CT molecular complexity index is 812. The Morgan fingerprint density at radius 2 is 1.95 bits per heavy atom. The lowest BCUT2D eigenvalue weighted by atomic mass is 10.2. The number of carboxylic acid groups (broad SMARTS) is 1. The van der Waals surface area contributed by atoms with Gasteiger partial charge >= 0.3 is 5.97 Å². The lowest BCUT2D eigenvalue weighted by molar-refractivity contribution is -0.137. The van der Waals surface area contributed by atoms with Gasteiger partial charge in [-0.15, -0.1) is 0 Å². The van der Waals surface area contributed by atoms with E-state index in [4.69, 9.17) is 16.7 Å². The number of carboxylic acids is 1. The number of nitrogens with zero attached hydrogens (tertiary/aromatic N) is 2. The fourth-order valence-electron chi connectivity index (χ4n) is 2.50. The van der Waals surface area contributed by atoms with E-state index in [1.807, 2.05) is 48.5 Å². The lowest BCUT2D eigenvalue weighted by Crippen LogP contribution is -2.07. The first-order valence-electron chi connectivity index (χ1n) is 7.04. The van der Waals surface area contributed by atoms with Crippen LogP contribution in [0.4, 0.5) is 0 Å². The molecule has 3 aromatic rings. The van der Waals surface area contributed by atoms with E-state index in [9.17, 15) is 4.79 Å². The second kappa shape index (κ2) is 6.20. The summed E-state index contributed by atoms with van der Waals surface area (Å²) >= 11 is 6.02. The lowest BCUT2D eigenvalue weighted by Gasteiger charge is -2.09. The Kier molecular flexibility index (Phi) is 4.11. The van der Waals surface area contributed by atoms with Crippen molar-refractivity contribution in [2.24, 2.45) is 0 Å². The van der Waals surface area contributed by atoms with Gasteiger partial charge in [0.15, 0.2) is 0 Å². The Hall–Kier alpha value is -2.33. The zero-order valence-electron chi connectivity index (χ0n) is 11.9. The van der Waals surface area contributed by atoms with E-state index < -0.39 is 5.97 Å². The van der Waals surface area contributed by atoms with Crippen LogP contribution in [0.25, 0.3) is 11.0 Å². The molecule has 112 valence electrons. The molecular weight excluding hydrogens is 300 g/mol. The first-order valence-corrected chi connectivity index (χ1v) is 7.41. The van der Waals surface area contributed by atoms with Crippen molar-refractivity contribution in [3.63, 3.8) is 0 Å². The van der Waals surface area contributed by atoms with Crippen LogP contribution in [0.15, 0.2) is 48.5 Å². The predicted octanol–water partition coefficient (Wildman–Crippen LogP) is 3.76. The van der Waals surface area contributed by atoms with Crippen LogP contribution in [0.1, 0.15) is 17.8 Å². The normalized spacial score (nSPS) is 11.0. The van der Waals surface area contributed by atoms with Gasteiger partial charge < -0.3 is 9.67 Å². The summed E-state index contributed by atoms with van der Waals surface area (Å²) in [6.07, 6.45) is 0.459. The average molecular weight is 315 g/mol. The Morgan fingerprint density at radius 3 is 2.68 bits per heavy atom. The molecule has 3 rings (SSSR count). The van der Waals surface area contributed by atoms with Crippen molar-refractivity contribution in [1.82, 2.24) is 9.55 Å². The van der Waals surface area contributed by atoms with Crippen LogP contribution in [-0.2, 0) is 17.8 Å². The van der Waals surface area contributed by atoms with Crippen LogP contribution in [0.5, 0.6) is 0 Å². The number of aliphatic carboxylic acids is 1. The Labute approximate surface area is 133 Å². The van der Waals surface area contributed by atoms with E-state index in [0.717, 1.165) is 22.4 Å². The number of fused-ring (bicyclic) bond motifs is 1. The van der Waals surface area contributed by atoms with Gasteiger partial charge in [0.1, 0.15) is 5.82 Å². The van der Waals surface area contributed by atoms with Gasteiger partial charge in [-0.1, -0.05) is 41.9 Å². The summed E-state index contributed by atoms with van der Waals surface area (Å²) in [6, 6.07) is 15.6. The molecule has 0 atom stereocenters. The van der Waals surface area contributed by atoms with E-state index in [1.54, 1.807) is 0 Å². The zero-order valence-corrected chi connectivity index (χ0v) is 12.6. The van der Waals surface area contributed by atoms with Gasteiger partial charge in [-0.25, -0.2) is 4.98 Å². The van der Waals surface area contributed by atoms with Gasteiger partial charge in [-0.3, -0.25) is 4.79 Å². The number of imidazole rings is 1. The molecule has 0 aliphatic heterocycles. The van der Waals surface area contributed by atoms with E-state index in [-0.39, 0.29) is 6.42 Å². The molecule has 0 aliphatic carbocycles. The highest BCUT2D eigenvalue weighted by molar-refractivity contribution is 6.31. The maximum atomic E-state index is 10.9. The number of halogens is 1. The fourth-order valence-corrected chi connectivity index (χ4v) is 2.67. The molecule has 0 unspecified atom stereocenters. The number of hydrogen-bond donors (Lipinski definition) is 1. The standard InChI is InChI=1S/C17H15ClN2O2/c18-13-6-7-15-14(10-13)19-16(8-9-17(21)22)20(15)11-12-4-2-1-3-5-12/h1-7,10H,8-9,11H2,(H,21,22). The maximum absolute atomic E-state index is 10.9. The van der Waals surface area contributed by atoms with Crippen LogP contribution in [0, 0.1) is 0 Å². The highest BCUT2D eigenvalue weighted by atomic mass is 35.5. The van der Waals surface area contributed by atoms with Crippen LogP contribution < -0.4 is 0 Å². The third-order valence-corrected chi connectivity index (χ3v) is 3.77. The first-order chi connectivity index (χ1) is 10.6. The van der Waals surface area contributed by atoms with Crippen LogP contribution >= 0.6 is 11.6 Å². The van der Waals surface area contributed by atoms with Gasteiger partial charge in [-0.2, -0.15) is 0 Å². The third-order valence-electron chi connectivity index (χ3n) is 3.54. The molecule has 0 spiro atoms. The van der Waals surface area contributed by atoms with Crippen LogP contribution in [-0.4, -0.2) is 20.6 Å². The SMILES string of the molecule is O=C(O)CCc1nc2cc(Cl)ccc2n1Cc1ccccc1. The van der Waals surface area contributed by atoms with Gasteiger partial charge in [0.2, 0.25) is 0 Å². The van der Waals surface area contributed by atoms with E-state index in [2.05, 4.69) is 9.55 Å². The highest BCUT2D eigenvalue weighted by Crippen LogP contribution is 2.22. The summed E-state index contributed by atoms with van der Waals surface area (Å²) in [5.74, 6) is -0.0557. The molecule has 0 bridgehead atoms. The molecule has 2 aromatic carbocycles. The molecule has 22 heavy (non-hydrogen) atoms. The summed E-state index contributed by atoms with van der Waals surface area (Å²) < 4.78 is 2.06. The second-order valence-electron chi connectivity index (χ2n) is 5.13. The van der Waals surface area contributed by atoms with Gasteiger partial charge in [0.25, 0.3) is 0 Å². The van der Waals surface area contributed by atoms with Crippen molar-refractivity contribution >= 4 is 28.6 Å². The fraction of sp³-hybridized carbons (Fsp3) is 0.176. The number of hydrogen-bond acceptors (Lipinski definition) is 2. The molecule has 0 aliphatic rings. The van der Waals surface area contributed by atoms with Crippen molar-refractivity contribution in [1.29, 1.82) is 0 Å². The largest absolute Gasteiger partial charge is 0.481 e. The van der Waals surface area contributed by atoms with Crippen LogP contribution in [0.2, 0.25) is 5.02 Å². The van der Waals surface area contributed by atoms with Crippen molar-refractivity contribution in [2.75, 3.05) is 0 Å². The smallest absolute Gasteiger partial charge is 0.303 e. The molecule has 5 heteroatoms. The van der Waals surface area contributed by atoms with E-state index >= 15 is 0 Å². The number of benzene rings is 2. The highest BCUT2D eigenvalue weighted by Gasteiger charge is 2.12. The number of aromatic nitrogens is 2. The minimum atomic E-state index is -0.823. The monoisotopic (exact) mass is 314 g/mol. The molecule has 0 radical (unpaired) electrons. The van der Waals surface area contributed by atoms with Crippen LogP contribution in [0.3, 0.4) is 0 Å². The molecule has 0 fully saturated rings. The van der Waals surface area contributed by atoms with Gasteiger partial charge in [-0.05, 0) is 23.8 Å². The third kappa shape index (κ3) is 3.12. The van der Waals surface area contributed by atoms with Crippen molar-refractivity contribution < 1.29 is 9.90 Å². The summed E-state index contributed by atoms with van der Waals surface area (Å²) in [6.45, 7) is 0.661. The maximum Gasteiger partial charge on any atom is 0.303 e. The molecule has 0 saturated carbocycles. The van der Waals surface area contributed by atoms with Gasteiger partial charge in [0.05, 0.1) is 17.5 Å². The summed E-state index contributed by atoms with van der Waals surface area (Å²) in [5.41, 5.74) is 2.91. The summed E-state index contributed by atoms with van der Waals surface area (Å²) in [7, 11) is 0. The molecule has 1 aromatic heterocycles. The topological polar surface area (TPSA) is 55.1 Å². The summed E-state index contributed by atoms with van der Waals surface area (Å²) in [5, 5.41) is 9.54.